The summed E-state index contributed by atoms with van der Waals surface area (Å²) in [4.78, 5) is 2.45. The van der Waals surface area contributed by atoms with Crippen LogP contribution in [0.2, 0.25) is 5.02 Å². The maximum absolute atomic E-state index is 6.49. The molecule has 0 aliphatic carbocycles. The summed E-state index contributed by atoms with van der Waals surface area (Å²) in [6.07, 6.45) is 2.55. The molecule has 0 unspecified atom stereocenters. The van der Waals surface area contributed by atoms with Crippen molar-refractivity contribution < 1.29 is 9.31 Å². The van der Waals surface area contributed by atoms with E-state index < -0.39 is 0 Å². The van der Waals surface area contributed by atoms with E-state index in [1.807, 2.05) is 12.1 Å². The Hall–Kier alpha value is -0.545. The number of benzene rings is 1. The lowest BCUT2D eigenvalue weighted by molar-refractivity contribution is 0.00578. The van der Waals surface area contributed by atoms with Crippen LogP contribution in [0.25, 0.3) is 0 Å². The second-order valence-electron chi connectivity index (χ2n) is 7.38. The molecule has 2 heterocycles. The molecule has 1 aromatic carbocycles. The highest BCUT2D eigenvalue weighted by molar-refractivity contribution is 6.63. The highest BCUT2D eigenvalue weighted by Gasteiger charge is 2.52. The number of halogens is 1. The molecule has 3 nitrogen and oxygen atoms in total. The van der Waals surface area contributed by atoms with Crippen LogP contribution in [-0.2, 0) is 15.9 Å². The number of rotatable bonds is 3. The zero-order valence-electron chi connectivity index (χ0n) is 14.0. The van der Waals surface area contributed by atoms with Gasteiger partial charge in [-0.05, 0) is 70.7 Å². The molecule has 5 heteroatoms. The minimum absolute atomic E-state index is 0.328. The Morgan fingerprint density at radius 1 is 1.09 bits per heavy atom. The lowest BCUT2D eigenvalue weighted by Gasteiger charge is -2.32. The molecule has 0 saturated carbocycles. The first-order chi connectivity index (χ1) is 10.3. The molecule has 22 heavy (non-hydrogen) atoms. The van der Waals surface area contributed by atoms with Gasteiger partial charge in [0.05, 0.1) is 11.2 Å². The first-order valence-electron chi connectivity index (χ1n) is 8.15. The van der Waals surface area contributed by atoms with Crippen LogP contribution in [0.1, 0.15) is 46.1 Å². The van der Waals surface area contributed by atoms with Gasteiger partial charge in [-0.15, -0.1) is 0 Å². The van der Waals surface area contributed by atoms with E-state index in [0.717, 1.165) is 35.7 Å². The second kappa shape index (κ2) is 5.83. The molecule has 120 valence electrons. The van der Waals surface area contributed by atoms with Gasteiger partial charge in [-0.25, -0.2) is 0 Å². The van der Waals surface area contributed by atoms with E-state index in [1.165, 1.54) is 12.8 Å². The summed E-state index contributed by atoms with van der Waals surface area (Å²) in [6, 6.07) is 6.03. The third kappa shape index (κ3) is 2.94. The lowest BCUT2D eigenvalue weighted by atomic mass is 9.76. The Kier molecular flexibility index (Phi) is 4.32. The van der Waals surface area contributed by atoms with Crippen molar-refractivity contribution in [3.63, 3.8) is 0 Å². The average Bonchev–Trinajstić information content (AvgIpc) is 2.99. The van der Waals surface area contributed by atoms with E-state index in [2.05, 4.69) is 38.7 Å². The van der Waals surface area contributed by atoms with Crippen molar-refractivity contribution in [1.82, 2.24) is 4.90 Å². The van der Waals surface area contributed by atoms with E-state index in [4.69, 9.17) is 20.9 Å². The second-order valence-corrected chi connectivity index (χ2v) is 7.79. The van der Waals surface area contributed by atoms with E-state index in [9.17, 15) is 0 Å². The molecular weight excluding hydrogens is 296 g/mol. The van der Waals surface area contributed by atoms with Crippen LogP contribution < -0.4 is 5.46 Å². The van der Waals surface area contributed by atoms with E-state index in [-0.39, 0.29) is 18.3 Å². The van der Waals surface area contributed by atoms with Gasteiger partial charge in [0, 0.05) is 11.6 Å². The predicted octanol–water partition coefficient (Wildman–Crippen LogP) is 3.24. The molecule has 0 radical (unpaired) electrons. The van der Waals surface area contributed by atoms with E-state index in [1.54, 1.807) is 0 Å². The van der Waals surface area contributed by atoms with Crippen molar-refractivity contribution in [1.29, 1.82) is 0 Å². The molecule has 2 aliphatic rings. The number of nitrogens with zero attached hydrogens (tertiary/aromatic N) is 1. The minimum Gasteiger partial charge on any atom is -0.399 e. The van der Waals surface area contributed by atoms with E-state index in [0.29, 0.717) is 0 Å². The largest absolute Gasteiger partial charge is 0.495 e. The quantitative estimate of drug-likeness (QED) is 0.798. The maximum atomic E-state index is 6.49. The fraction of sp³-hybridized carbons (Fsp3) is 0.647. The molecule has 3 rings (SSSR count). The van der Waals surface area contributed by atoms with Crippen LogP contribution in [0, 0.1) is 0 Å². The number of likely N-dealkylation sites (tertiary alicyclic amines) is 1. The minimum atomic E-state index is -0.346. The van der Waals surface area contributed by atoms with Crippen LogP contribution in [0.4, 0.5) is 0 Å². The molecule has 0 aromatic heterocycles. The molecule has 0 spiro atoms. The summed E-state index contributed by atoms with van der Waals surface area (Å²) in [7, 11) is -0.346. The van der Waals surface area contributed by atoms with Gasteiger partial charge in [0.1, 0.15) is 0 Å². The Labute approximate surface area is 139 Å². The summed E-state index contributed by atoms with van der Waals surface area (Å²) < 4.78 is 12.4. The molecule has 0 N–H and O–H groups in total. The van der Waals surface area contributed by atoms with Crippen LogP contribution in [0.5, 0.6) is 0 Å². The Bertz CT molecular complexity index is 540. The standard InChI is InChI=1S/C17H25BClNO2/c1-16(2)17(3,4)22-18(21-16)14-8-7-9-15(19)13(14)12-20-10-5-6-11-20/h7-9H,5-6,10-12H2,1-4H3. The van der Waals surface area contributed by atoms with Gasteiger partial charge in [-0.3, -0.25) is 4.90 Å². The molecule has 2 saturated heterocycles. The smallest absolute Gasteiger partial charge is 0.399 e. The molecule has 1 aromatic rings. The van der Waals surface area contributed by atoms with Gasteiger partial charge in [-0.2, -0.15) is 0 Å². The first kappa shape index (κ1) is 16.3. The fourth-order valence-electron chi connectivity index (χ4n) is 3.10. The van der Waals surface area contributed by atoms with Crippen molar-refractivity contribution in [2.75, 3.05) is 13.1 Å². The van der Waals surface area contributed by atoms with Gasteiger partial charge < -0.3 is 9.31 Å². The lowest BCUT2D eigenvalue weighted by Crippen LogP contribution is -2.41. The summed E-state index contributed by atoms with van der Waals surface area (Å²) >= 11 is 6.49. The zero-order chi connectivity index (χ0) is 16.0. The average molecular weight is 322 g/mol. The van der Waals surface area contributed by atoms with Crippen molar-refractivity contribution in [3.8, 4) is 0 Å². The fourth-order valence-corrected chi connectivity index (χ4v) is 3.34. The van der Waals surface area contributed by atoms with Crippen molar-refractivity contribution >= 4 is 24.2 Å². The summed E-state index contributed by atoms with van der Waals surface area (Å²) in [5.74, 6) is 0. The monoisotopic (exact) mass is 321 g/mol. The highest BCUT2D eigenvalue weighted by atomic mass is 35.5. The predicted molar refractivity (Wildman–Crippen MR) is 91.7 cm³/mol. The Morgan fingerprint density at radius 3 is 2.27 bits per heavy atom. The number of hydrogen-bond donors (Lipinski definition) is 0. The van der Waals surface area contributed by atoms with Crippen LogP contribution in [-0.4, -0.2) is 36.3 Å². The van der Waals surface area contributed by atoms with Crippen molar-refractivity contribution in [3.05, 3.63) is 28.8 Å². The molecule has 0 amide bonds. The van der Waals surface area contributed by atoms with Crippen molar-refractivity contribution in [2.45, 2.75) is 58.3 Å². The van der Waals surface area contributed by atoms with Crippen LogP contribution >= 0.6 is 11.6 Å². The SMILES string of the molecule is CC1(C)OB(c2cccc(Cl)c2CN2CCCC2)OC1(C)C. The Morgan fingerprint density at radius 2 is 1.68 bits per heavy atom. The molecular formula is C17H25BClNO2. The van der Waals surface area contributed by atoms with Gasteiger partial charge in [0.2, 0.25) is 0 Å². The molecule has 2 fully saturated rings. The number of hydrogen-bond acceptors (Lipinski definition) is 3. The van der Waals surface area contributed by atoms with E-state index >= 15 is 0 Å². The first-order valence-corrected chi connectivity index (χ1v) is 8.53. The van der Waals surface area contributed by atoms with Gasteiger partial charge >= 0.3 is 7.12 Å². The highest BCUT2D eigenvalue weighted by Crippen LogP contribution is 2.37. The van der Waals surface area contributed by atoms with Gasteiger partial charge in [0.25, 0.3) is 0 Å². The van der Waals surface area contributed by atoms with Gasteiger partial charge in [0.15, 0.2) is 0 Å². The molecule has 0 atom stereocenters. The molecule has 2 aliphatic heterocycles. The van der Waals surface area contributed by atoms with Crippen LogP contribution in [0.3, 0.4) is 0 Å². The molecule has 0 bridgehead atoms. The Balaban J connectivity index is 1.89. The zero-order valence-corrected chi connectivity index (χ0v) is 14.7. The third-order valence-corrected chi connectivity index (χ3v) is 5.60. The third-order valence-electron chi connectivity index (χ3n) is 5.24. The summed E-state index contributed by atoms with van der Waals surface area (Å²) in [6.45, 7) is 11.5. The van der Waals surface area contributed by atoms with Crippen LogP contribution in [0.15, 0.2) is 18.2 Å². The summed E-state index contributed by atoms with van der Waals surface area (Å²) in [5.41, 5.74) is 1.55. The van der Waals surface area contributed by atoms with Crippen molar-refractivity contribution in [2.24, 2.45) is 0 Å². The summed E-state index contributed by atoms with van der Waals surface area (Å²) in [5, 5.41) is 0.805. The van der Waals surface area contributed by atoms with Gasteiger partial charge in [-0.1, -0.05) is 23.7 Å². The topological polar surface area (TPSA) is 21.7 Å². The normalized spacial score (nSPS) is 24.1. The maximum Gasteiger partial charge on any atom is 0.495 e.